The summed E-state index contributed by atoms with van der Waals surface area (Å²) in [5.74, 6) is 0. The molecule has 0 fully saturated rings. The Morgan fingerprint density at radius 1 is 1.00 bits per heavy atom. The minimum Gasteiger partial charge on any atom is -0.353 e. The second-order valence-electron chi connectivity index (χ2n) is 5.09. The summed E-state index contributed by atoms with van der Waals surface area (Å²) in [6, 6.07) is 14.6. The lowest BCUT2D eigenvalue weighted by atomic mass is 10.1. The fourth-order valence-electron chi connectivity index (χ4n) is 2.58. The van der Waals surface area contributed by atoms with E-state index in [0.29, 0.717) is 5.52 Å². The molecule has 2 heterocycles. The van der Waals surface area contributed by atoms with Crippen molar-refractivity contribution in [3.05, 3.63) is 48.5 Å². The lowest BCUT2D eigenvalue weighted by Gasteiger charge is -1.98. The van der Waals surface area contributed by atoms with Crippen molar-refractivity contribution < 1.29 is 8.42 Å². The Labute approximate surface area is 126 Å². The molecule has 0 amide bonds. The molecule has 0 unspecified atom stereocenters. The Morgan fingerprint density at radius 3 is 2.59 bits per heavy atom. The largest absolute Gasteiger partial charge is 0.353 e. The number of benzene rings is 2. The molecule has 7 heteroatoms. The summed E-state index contributed by atoms with van der Waals surface area (Å²) in [4.78, 5) is 3.37. The molecule has 2 aromatic carbocycles. The van der Waals surface area contributed by atoms with Crippen molar-refractivity contribution in [2.45, 2.75) is 4.90 Å². The number of nitrogens with one attached hydrogen (secondary N) is 2. The standard InChI is InChI=1S/C15H12N4O2S/c16-22(20,21)10-5-6-11-13(8-10)18-19-15(11)14-7-9-3-1-2-4-12(9)17-14/h1-8,17H,(H,18,19)(H2,16,20,21). The molecule has 0 aliphatic rings. The Morgan fingerprint density at radius 2 is 1.82 bits per heavy atom. The average Bonchev–Trinajstić information content (AvgIpc) is 3.08. The topological polar surface area (TPSA) is 105 Å². The molecule has 6 nitrogen and oxygen atoms in total. The summed E-state index contributed by atoms with van der Waals surface area (Å²) >= 11 is 0. The zero-order valence-electron chi connectivity index (χ0n) is 11.4. The first kappa shape index (κ1) is 13.1. The van der Waals surface area contributed by atoms with Crippen LogP contribution in [-0.2, 0) is 10.0 Å². The SMILES string of the molecule is NS(=O)(=O)c1ccc2c(-c3cc4ccccc4[nH]3)n[nH]c2c1. The molecular formula is C15H12N4O2S. The zero-order chi connectivity index (χ0) is 15.3. The first-order chi connectivity index (χ1) is 10.5. The molecule has 0 saturated carbocycles. The number of rotatable bonds is 2. The van der Waals surface area contributed by atoms with E-state index in [9.17, 15) is 8.42 Å². The maximum absolute atomic E-state index is 11.4. The number of hydrogen-bond acceptors (Lipinski definition) is 3. The van der Waals surface area contributed by atoms with Crippen molar-refractivity contribution in [3.8, 4) is 11.4 Å². The molecule has 0 aliphatic carbocycles. The molecule has 4 rings (SSSR count). The normalized spacial score (nSPS) is 12.2. The van der Waals surface area contributed by atoms with Gasteiger partial charge in [0.25, 0.3) is 0 Å². The molecule has 0 bridgehead atoms. The highest BCUT2D eigenvalue weighted by atomic mass is 32.2. The number of fused-ring (bicyclic) bond motifs is 2. The number of nitrogens with zero attached hydrogens (tertiary/aromatic N) is 1. The Balaban J connectivity index is 1.92. The summed E-state index contributed by atoms with van der Waals surface area (Å²) in [5, 5.41) is 14.2. The van der Waals surface area contributed by atoms with Crippen molar-refractivity contribution in [1.29, 1.82) is 0 Å². The number of primary sulfonamides is 1. The van der Waals surface area contributed by atoms with E-state index in [0.717, 1.165) is 27.7 Å². The number of sulfonamides is 1. The summed E-state index contributed by atoms with van der Waals surface area (Å²) < 4.78 is 22.8. The van der Waals surface area contributed by atoms with E-state index >= 15 is 0 Å². The van der Waals surface area contributed by atoms with Gasteiger partial charge < -0.3 is 4.98 Å². The predicted molar refractivity (Wildman–Crippen MR) is 84.8 cm³/mol. The first-order valence-electron chi connectivity index (χ1n) is 6.61. The van der Waals surface area contributed by atoms with Crippen LogP contribution < -0.4 is 5.14 Å². The van der Waals surface area contributed by atoms with Crippen LogP contribution in [0.1, 0.15) is 0 Å². The van der Waals surface area contributed by atoms with Crippen molar-refractivity contribution in [2.24, 2.45) is 5.14 Å². The van der Waals surface area contributed by atoms with Crippen LogP contribution in [0.25, 0.3) is 33.2 Å². The third-order valence-electron chi connectivity index (χ3n) is 3.65. The lowest BCUT2D eigenvalue weighted by Crippen LogP contribution is -2.11. The quantitative estimate of drug-likeness (QED) is 0.529. The predicted octanol–water partition coefficient (Wildman–Crippen LogP) is 2.36. The molecule has 0 saturated heterocycles. The van der Waals surface area contributed by atoms with Gasteiger partial charge >= 0.3 is 0 Å². The van der Waals surface area contributed by atoms with Gasteiger partial charge in [-0.2, -0.15) is 5.10 Å². The second kappa shape index (κ2) is 4.43. The Kier molecular flexibility index (Phi) is 2.63. The highest BCUT2D eigenvalue weighted by Crippen LogP contribution is 2.29. The summed E-state index contributed by atoms with van der Waals surface area (Å²) in [5.41, 5.74) is 3.26. The molecule has 4 aromatic rings. The molecule has 110 valence electrons. The van der Waals surface area contributed by atoms with E-state index in [-0.39, 0.29) is 4.90 Å². The van der Waals surface area contributed by atoms with Crippen molar-refractivity contribution in [2.75, 3.05) is 0 Å². The van der Waals surface area contributed by atoms with E-state index in [1.54, 1.807) is 6.07 Å². The van der Waals surface area contributed by atoms with Crippen molar-refractivity contribution >= 4 is 31.8 Å². The third kappa shape index (κ3) is 1.99. The van der Waals surface area contributed by atoms with Crippen molar-refractivity contribution in [1.82, 2.24) is 15.2 Å². The van der Waals surface area contributed by atoms with Gasteiger partial charge in [0.1, 0.15) is 5.69 Å². The van der Waals surface area contributed by atoms with Gasteiger partial charge in [0, 0.05) is 16.3 Å². The molecule has 0 spiro atoms. The van der Waals surface area contributed by atoms with Gasteiger partial charge in [0.15, 0.2) is 0 Å². The minimum absolute atomic E-state index is 0.0619. The summed E-state index contributed by atoms with van der Waals surface area (Å²) in [7, 11) is -3.73. The summed E-state index contributed by atoms with van der Waals surface area (Å²) in [6.07, 6.45) is 0. The number of hydrogen-bond donors (Lipinski definition) is 3. The number of para-hydroxylation sites is 1. The number of H-pyrrole nitrogens is 2. The molecule has 0 radical (unpaired) electrons. The van der Waals surface area contributed by atoms with Crippen LogP contribution in [0.15, 0.2) is 53.4 Å². The van der Waals surface area contributed by atoms with Crippen LogP contribution in [0, 0.1) is 0 Å². The van der Waals surface area contributed by atoms with Gasteiger partial charge in [-0.25, -0.2) is 13.6 Å². The monoisotopic (exact) mass is 312 g/mol. The van der Waals surface area contributed by atoms with Crippen LogP contribution in [0.3, 0.4) is 0 Å². The van der Waals surface area contributed by atoms with Gasteiger partial charge in [0.2, 0.25) is 10.0 Å². The van der Waals surface area contributed by atoms with Gasteiger partial charge in [-0.3, -0.25) is 5.10 Å². The van der Waals surface area contributed by atoms with E-state index in [4.69, 9.17) is 5.14 Å². The molecule has 22 heavy (non-hydrogen) atoms. The van der Waals surface area contributed by atoms with Crippen molar-refractivity contribution in [3.63, 3.8) is 0 Å². The van der Waals surface area contributed by atoms with Crippen LogP contribution in [0.2, 0.25) is 0 Å². The zero-order valence-corrected chi connectivity index (χ0v) is 12.2. The molecule has 4 N–H and O–H groups in total. The maximum Gasteiger partial charge on any atom is 0.238 e. The fourth-order valence-corrected chi connectivity index (χ4v) is 3.12. The highest BCUT2D eigenvalue weighted by Gasteiger charge is 2.14. The van der Waals surface area contributed by atoms with E-state index < -0.39 is 10.0 Å². The number of nitrogens with two attached hydrogens (primary N) is 1. The second-order valence-corrected chi connectivity index (χ2v) is 6.66. The van der Waals surface area contributed by atoms with Gasteiger partial charge in [-0.1, -0.05) is 18.2 Å². The Hall–Kier alpha value is -2.64. The minimum atomic E-state index is -3.73. The lowest BCUT2D eigenvalue weighted by molar-refractivity contribution is 0.598. The summed E-state index contributed by atoms with van der Waals surface area (Å²) in [6.45, 7) is 0. The van der Waals surface area contributed by atoms with Gasteiger partial charge in [0.05, 0.1) is 16.1 Å². The maximum atomic E-state index is 11.4. The van der Waals surface area contributed by atoms with Gasteiger partial charge in [-0.05, 0) is 30.3 Å². The fraction of sp³-hybridized carbons (Fsp3) is 0. The average molecular weight is 312 g/mol. The van der Waals surface area contributed by atoms with Crippen LogP contribution in [-0.4, -0.2) is 23.6 Å². The van der Waals surface area contributed by atoms with Crippen LogP contribution >= 0.6 is 0 Å². The van der Waals surface area contributed by atoms with E-state index in [1.807, 2.05) is 30.3 Å². The van der Waals surface area contributed by atoms with Gasteiger partial charge in [-0.15, -0.1) is 0 Å². The third-order valence-corrected chi connectivity index (χ3v) is 4.56. The van der Waals surface area contributed by atoms with E-state index in [2.05, 4.69) is 15.2 Å². The number of aromatic nitrogens is 3. The van der Waals surface area contributed by atoms with Crippen LogP contribution in [0.5, 0.6) is 0 Å². The molecule has 0 aliphatic heterocycles. The molecular weight excluding hydrogens is 300 g/mol. The molecule has 2 aromatic heterocycles. The molecule has 0 atom stereocenters. The number of aromatic amines is 2. The Bertz CT molecular complexity index is 1080. The smallest absolute Gasteiger partial charge is 0.238 e. The van der Waals surface area contributed by atoms with Crippen LogP contribution in [0.4, 0.5) is 0 Å². The highest BCUT2D eigenvalue weighted by molar-refractivity contribution is 7.89. The first-order valence-corrected chi connectivity index (χ1v) is 8.16. The van der Waals surface area contributed by atoms with E-state index in [1.165, 1.54) is 12.1 Å².